The molecule has 0 aliphatic heterocycles. The van der Waals surface area contributed by atoms with Crippen LogP contribution in [0.2, 0.25) is 0 Å². The summed E-state index contributed by atoms with van der Waals surface area (Å²) >= 11 is 0. The maximum atomic E-state index is 13.9. The van der Waals surface area contributed by atoms with Gasteiger partial charge in [-0.05, 0) is 40.5 Å². The molecule has 0 atom stereocenters. The highest BCUT2D eigenvalue weighted by atomic mass is 16.2. The normalized spacial score (nSPS) is 11.4. The molecule has 3 heterocycles. The van der Waals surface area contributed by atoms with Crippen LogP contribution in [-0.2, 0) is 20.0 Å². The lowest BCUT2D eigenvalue weighted by Crippen LogP contribution is -2.38. The largest absolute Gasteiger partial charge is 0.337 e. The van der Waals surface area contributed by atoms with Crippen LogP contribution in [-0.4, -0.2) is 39.3 Å². The number of aromatic amines is 1. The second kappa shape index (κ2) is 11.2. The van der Waals surface area contributed by atoms with E-state index >= 15 is 0 Å². The first kappa shape index (κ1) is 26.1. The van der Waals surface area contributed by atoms with Gasteiger partial charge in [-0.2, -0.15) is 5.21 Å². The predicted molar refractivity (Wildman–Crippen MR) is 158 cm³/mol. The van der Waals surface area contributed by atoms with Crippen molar-refractivity contribution in [1.82, 2.24) is 39.3 Å². The third-order valence-corrected chi connectivity index (χ3v) is 7.37. The molecule has 0 unspecified atom stereocenters. The predicted octanol–water partition coefficient (Wildman–Crippen LogP) is 4.51. The lowest BCUT2D eigenvalue weighted by Gasteiger charge is -2.12. The summed E-state index contributed by atoms with van der Waals surface area (Å²) in [6.07, 6.45) is 3.81. The summed E-state index contributed by atoms with van der Waals surface area (Å²) in [4.78, 5) is 32.0. The van der Waals surface area contributed by atoms with Crippen molar-refractivity contribution < 1.29 is 0 Å². The van der Waals surface area contributed by atoms with Gasteiger partial charge in [0.05, 0.1) is 5.69 Å². The quantitative estimate of drug-likeness (QED) is 0.267. The van der Waals surface area contributed by atoms with Crippen LogP contribution in [0.25, 0.3) is 39.4 Å². The van der Waals surface area contributed by atoms with Crippen LogP contribution in [0, 0.1) is 0 Å². The van der Waals surface area contributed by atoms with Gasteiger partial charge in [0.15, 0.2) is 11.2 Å². The van der Waals surface area contributed by atoms with E-state index in [0.717, 1.165) is 53.8 Å². The van der Waals surface area contributed by atoms with Gasteiger partial charge in [0.1, 0.15) is 5.82 Å². The van der Waals surface area contributed by atoms with E-state index in [4.69, 9.17) is 4.98 Å². The number of fused-ring (bicyclic) bond motifs is 1. The number of benzene rings is 3. The van der Waals surface area contributed by atoms with Gasteiger partial charge in [-0.1, -0.05) is 86.5 Å². The maximum Gasteiger partial charge on any atom is 0.337 e. The first-order valence-electron chi connectivity index (χ1n) is 13.8. The van der Waals surface area contributed by atoms with Crippen molar-refractivity contribution >= 4 is 11.2 Å². The molecule has 0 radical (unpaired) electrons. The summed E-state index contributed by atoms with van der Waals surface area (Å²) < 4.78 is 4.68. The number of aromatic nitrogens is 8. The lowest BCUT2D eigenvalue weighted by molar-refractivity contribution is 0.658. The highest BCUT2D eigenvalue weighted by molar-refractivity contribution is 5.80. The number of imidazole rings is 1. The second-order valence-corrected chi connectivity index (χ2v) is 10.0. The Bertz CT molecular complexity index is 1920. The molecule has 3 aromatic carbocycles. The average Bonchev–Trinajstić information content (AvgIpc) is 3.67. The number of hydrogen-bond acceptors (Lipinski definition) is 6. The standard InChI is InChI=1S/C31H30N8O2/c1-3-4-6-15-26-32-29-27(30(40)39(31(41)37(29)2)23-11-7-5-8-12-23)38(26)20-21-16-18-22(19-17-21)24-13-9-10-14-25(24)28-33-35-36-34-28/h5,7-14,16-19H,3-4,6,15,20H2,1-2H3,(H,33,34,35,36). The van der Waals surface area contributed by atoms with Crippen molar-refractivity contribution in [3.63, 3.8) is 0 Å². The summed E-state index contributed by atoms with van der Waals surface area (Å²) in [6.45, 7) is 2.61. The van der Waals surface area contributed by atoms with Crippen LogP contribution < -0.4 is 11.2 Å². The molecule has 206 valence electrons. The van der Waals surface area contributed by atoms with Gasteiger partial charge < -0.3 is 4.57 Å². The Morgan fingerprint density at radius 1 is 0.854 bits per heavy atom. The molecule has 3 aromatic heterocycles. The van der Waals surface area contributed by atoms with E-state index in [0.29, 0.717) is 29.2 Å². The van der Waals surface area contributed by atoms with Gasteiger partial charge in [0, 0.05) is 25.6 Å². The summed E-state index contributed by atoms with van der Waals surface area (Å²) in [5.41, 5.74) is 4.49. The second-order valence-electron chi connectivity index (χ2n) is 10.0. The monoisotopic (exact) mass is 546 g/mol. The Balaban J connectivity index is 1.44. The van der Waals surface area contributed by atoms with Crippen molar-refractivity contribution in [3.05, 3.63) is 111 Å². The van der Waals surface area contributed by atoms with Gasteiger partial charge in [0.25, 0.3) is 5.56 Å². The molecule has 0 spiro atoms. The number of aryl methyl sites for hydroxylation is 2. The molecular formula is C31H30N8O2. The minimum atomic E-state index is -0.414. The summed E-state index contributed by atoms with van der Waals surface area (Å²) in [6, 6.07) is 25.2. The van der Waals surface area contributed by atoms with Gasteiger partial charge in [0.2, 0.25) is 5.82 Å². The Hall–Kier alpha value is -5.12. The minimum absolute atomic E-state index is 0.366. The molecule has 6 aromatic rings. The summed E-state index contributed by atoms with van der Waals surface area (Å²) in [5.74, 6) is 1.34. The van der Waals surface area contributed by atoms with E-state index in [1.54, 1.807) is 19.2 Å². The average molecular weight is 547 g/mol. The maximum absolute atomic E-state index is 13.9. The van der Waals surface area contributed by atoms with Gasteiger partial charge in [-0.25, -0.2) is 14.3 Å². The SMILES string of the molecule is CCCCCc1nc2c(c(=O)n(-c3ccccc3)c(=O)n2C)n1Cc1ccc(-c2ccccc2-c2nn[nH]n2)cc1. The lowest BCUT2D eigenvalue weighted by atomic mass is 9.98. The topological polar surface area (TPSA) is 116 Å². The molecule has 0 aliphatic carbocycles. The van der Waals surface area contributed by atoms with Crippen molar-refractivity contribution in [2.24, 2.45) is 7.05 Å². The van der Waals surface area contributed by atoms with Crippen molar-refractivity contribution in [2.75, 3.05) is 0 Å². The van der Waals surface area contributed by atoms with Gasteiger partial charge >= 0.3 is 5.69 Å². The van der Waals surface area contributed by atoms with E-state index in [9.17, 15) is 9.59 Å². The summed E-state index contributed by atoms with van der Waals surface area (Å²) in [7, 11) is 1.67. The number of nitrogens with one attached hydrogen (secondary N) is 1. The summed E-state index contributed by atoms with van der Waals surface area (Å²) in [5, 5.41) is 14.5. The third kappa shape index (κ3) is 4.88. The number of rotatable bonds is 9. The molecule has 1 N–H and O–H groups in total. The zero-order valence-electron chi connectivity index (χ0n) is 23.0. The molecular weight excluding hydrogens is 516 g/mol. The minimum Gasteiger partial charge on any atom is -0.318 e. The molecule has 10 heteroatoms. The van der Waals surface area contributed by atoms with E-state index < -0.39 is 5.69 Å². The molecule has 6 rings (SSSR count). The fraction of sp³-hybridized carbons (Fsp3) is 0.226. The Labute approximate surface area is 235 Å². The molecule has 0 saturated carbocycles. The Morgan fingerprint density at radius 3 is 2.29 bits per heavy atom. The molecule has 41 heavy (non-hydrogen) atoms. The number of unbranched alkanes of at least 4 members (excludes halogenated alkanes) is 2. The number of nitrogens with zero attached hydrogens (tertiary/aromatic N) is 7. The van der Waals surface area contributed by atoms with E-state index in [-0.39, 0.29) is 5.56 Å². The highest BCUT2D eigenvalue weighted by Gasteiger charge is 2.21. The fourth-order valence-corrected chi connectivity index (χ4v) is 5.24. The van der Waals surface area contributed by atoms with E-state index in [2.05, 4.69) is 51.8 Å². The third-order valence-electron chi connectivity index (χ3n) is 7.37. The zero-order chi connectivity index (χ0) is 28.3. The van der Waals surface area contributed by atoms with Crippen LogP contribution in [0.3, 0.4) is 0 Å². The first-order chi connectivity index (χ1) is 20.1. The fourth-order valence-electron chi connectivity index (χ4n) is 5.24. The molecule has 10 nitrogen and oxygen atoms in total. The molecule has 0 aliphatic rings. The van der Waals surface area contributed by atoms with Crippen molar-refractivity contribution in [2.45, 2.75) is 39.2 Å². The van der Waals surface area contributed by atoms with E-state index in [1.165, 1.54) is 9.13 Å². The van der Waals surface area contributed by atoms with Crippen LogP contribution in [0.4, 0.5) is 0 Å². The Morgan fingerprint density at radius 2 is 1.59 bits per heavy atom. The highest BCUT2D eigenvalue weighted by Crippen LogP contribution is 2.30. The first-order valence-corrected chi connectivity index (χ1v) is 13.8. The zero-order valence-corrected chi connectivity index (χ0v) is 23.0. The van der Waals surface area contributed by atoms with Crippen LogP contribution in [0.15, 0.2) is 88.5 Å². The number of para-hydroxylation sites is 1. The Kier molecular flexibility index (Phi) is 7.11. The van der Waals surface area contributed by atoms with Crippen LogP contribution in [0.1, 0.15) is 37.6 Å². The number of H-pyrrole nitrogens is 1. The van der Waals surface area contributed by atoms with Crippen molar-refractivity contribution in [3.8, 4) is 28.2 Å². The van der Waals surface area contributed by atoms with Crippen LogP contribution in [0.5, 0.6) is 0 Å². The van der Waals surface area contributed by atoms with Crippen LogP contribution >= 0.6 is 0 Å². The number of hydrogen-bond donors (Lipinski definition) is 1. The smallest absolute Gasteiger partial charge is 0.318 e. The molecule has 0 amide bonds. The van der Waals surface area contributed by atoms with Gasteiger partial charge in [-0.3, -0.25) is 9.36 Å². The van der Waals surface area contributed by atoms with Crippen molar-refractivity contribution in [1.29, 1.82) is 0 Å². The van der Waals surface area contributed by atoms with E-state index in [1.807, 2.05) is 47.0 Å². The molecule has 0 saturated heterocycles. The molecule has 0 bridgehead atoms. The molecule has 0 fully saturated rings. The van der Waals surface area contributed by atoms with Gasteiger partial charge in [-0.15, -0.1) is 10.2 Å². The number of tetrazole rings is 1.